The topological polar surface area (TPSA) is 61.1 Å². The van der Waals surface area contributed by atoms with Gasteiger partial charge in [-0.15, -0.1) is 0 Å². The lowest BCUT2D eigenvalue weighted by molar-refractivity contribution is 0.563. The fourth-order valence-corrected chi connectivity index (χ4v) is 1.68. The maximum atomic E-state index is 10.8. The molecule has 0 fully saturated rings. The van der Waals surface area contributed by atoms with Gasteiger partial charge in [0, 0.05) is 5.02 Å². The number of rotatable bonds is 2. The summed E-state index contributed by atoms with van der Waals surface area (Å²) < 4.78 is 19.6. The third-order valence-corrected chi connectivity index (χ3v) is 2.49. The molecule has 0 amide bonds. The quantitative estimate of drug-likeness (QED) is 0.768. The molecule has 1 rings (SSSR count). The molecule has 0 aliphatic heterocycles. The molecule has 5 heteroatoms. The van der Waals surface area contributed by atoms with Crippen LogP contribution >= 0.6 is 11.6 Å². The van der Waals surface area contributed by atoms with E-state index < -0.39 is 11.1 Å². The lowest BCUT2D eigenvalue weighted by Crippen LogP contribution is -1.95. The Morgan fingerprint density at radius 1 is 1.62 bits per heavy atom. The molecule has 3 nitrogen and oxygen atoms in total. The van der Waals surface area contributed by atoms with E-state index in [1.807, 2.05) is 6.07 Å². The summed E-state index contributed by atoms with van der Waals surface area (Å²) in [5, 5.41) is 8.90. The molecule has 0 bridgehead atoms. The maximum Gasteiger partial charge on any atom is 0.186 e. The molecule has 0 saturated carbocycles. The molecule has 1 N–H and O–H groups in total. The highest BCUT2D eigenvalue weighted by atomic mass is 35.5. The third kappa shape index (κ3) is 2.52. The van der Waals surface area contributed by atoms with E-state index in [9.17, 15) is 4.21 Å². The fourth-order valence-electron chi connectivity index (χ4n) is 0.942. The summed E-state index contributed by atoms with van der Waals surface area (Å²) in [5.41, 5.74) is 0.496. The van der Waals surface area contributed by atoms with Crippen LogP contribution in [0.3, 0.4) is 0 Å². The van der Waals surface area contributed by atoms with Gasteiger partial charge in [-0.1, -0.05) is 11.6 Å². The van der Waals surface area contributed by atoms with Gasteiger partial charge in [0.1, 0.15) is 0 Å². The van der Waals surface area contributed by atoms with Crippen molar-refractivity contribution in [1.82, 2.24) is 0 Å². The van der Waals surface area contributed by atoms with Crippen LogP contribution in [0, 0.1) is 11.3 Å². The minimum atomic E-state index is -2.06. The largest absolute Gasteiger partial charge is 0.302 e. The highest BCUT2D eigenvalue weighted by Gasteiger charge is 2.07. The van der Waals surface area contributed by atoms with Gasteiger partial charge in [0.15, 0.2) is 11.1 Å². The Morgan fingerprint density at radius 3 is 2.85 bits per heavy atom. The molecule has 0 heterocycles. The minimum Gasteiger partial charge on any atom is -0.302 e. The summed E-state index contributed by atoms with van der Waals surface area (Å²) in [6.45, 7) is 0. The zero-order chi connectivity index (χ0) is 9.84. The van der Waals surface area contributed by atoms with Crippen molar-refractivity contribution in [1.29, 1.82) is 5.26 Å². The average molecular weight is 216 g/mol. The highest BCUT2D eigenvalue weighted by molar-refractivity contribution is 7.79. The van der Waals surface area contributed by atoms with Gasteiger partial charge in [0.2, 0.25) is 0 Å². The number of nitrogens with zero attached hydrogens (tertiary/aromatic N) is 1. The Balaban J connectivity index is 3.20. The molecule has 0 radical (unpaired) electrons. The van der Waals surface area contributed by atoms with Gasteiger partial charge in [-0.25, -0.2) is 4.21 Å². The minimum absolute atomic E-state index is 0.0855. The summed E-state index contributed by atoms with van der Waals surface area (Å²) in [7, 11) is 0. The molecule has 1 aromatic carbocycles. The molecule has 1 atom stereocenters. The second-order valence-corrected chi connectivity index (χ2v) is 3.71. The van der Waals surface area contributed by atoms with Crippen LogP contribution in [-0.4, -0.2) is 8.76 Å². The SMILES string of the molecule is N#CCc1cc(Cl)ccc1S(=O)O. The van der Waals surface area contributed by atoms with E-state index in [2.05, 4.69) is 0 Å². The first-order valence-electron chi connectivity index (χ1n) is 3.41. The first-order chi connectivity index (χ1) is 6.15. The second-order valence-electron chi connectivity index (χ2n) is 2.34. The summed E-state index contributed by atoms with van der Waals surface area (Å²) in [4.78, 5) is 0.242. The molecule has 0 saturated heterocycles. The van der Waals surface area contributed by atoms with Crippen LogP contribution in [-0.2, 0) is 17.5 Å². The van der Waals surface area contributed by atoms with E-state index in [0.717, 1.165) is 0 Å². The summed E-state index contributed by atoms with van der Waals surface area (Å²) in [5.74, 6) is 0. The molecule has 1 aromatic rings. The van der Waals surface area contributed by atoms with Gasteiger partial charge in [-0.2, -0.15) is 5.26 Å². The summed E-state index contributed by atoms with van der Waals surface area (Å²) >= 11 is 3.61. The normalized spacial score (nSPS) is 12.1. The predicted molar refractivity (Wildman–Crippen MR) is 49.8 cm³/mol. The van der Waals surface area contributed by atoms with Gasteiger partial charge in [0.05, 0.1) is 17.4 Å². The van der Waals surface area contributed by atoms with Gasteiger partial charge < -0.3 is 4.55 Å². The summed E-state index contributed by atoms with van der Waals surface area (Å²) in [6.07, 6.45) is 0.0855. The molecular weight excluding hydrogens is 210 g/mol. The first-order valence-corrected chi connectivity index (χ1v) is 4.90. The van der Waals surface area contributed by atoms with Crippen molar-refractivity contribution < 1.29 is 8.76 Å². The maximum absolute atomic E-state index is 10.8. The van der Waals surface area contributed by atoms with E-state index in [-0.39, 0.29) is 11.3 Å². The Kier molecular flexibility index (Phi) is 3.43. The van der Waals surface area contributed by atoms with E-state index in [1.165, 1.54) is 18.2 Å². The number of hydrogen-bond acceptors (Lipinski definition) is 2. The van der Waals surface area contributed by atoms with E-state index >= 15 is 0 Å². The number of benzene rings is 1. The van der Waals surface area contributed by atoms with Crippen LogP contribution in [0.2, 0.25) is 5.02 Å². The van der Waals surface area contributed by atoms with E-state index in [0.29, 0.717) is 10.6 Å². The van der Waals surface area contributed by atoms with Crippen LogP contribution < -0.4 is 0 Å². The lowest BCUT2D eigenvalue weighted by atomic mass is 10.2. The molecule has 13 heavy (non-hydrogen) atoms. The smallest absolute Gasteiger partial charge is 0.186 e. The molecule has 68 valence electrons. The molecular formula is C8H6ClNO2S. The fraction of sp³-hybridized carbons (Fsp3) is 0.125. The van der Waals surface area contributed by atoms with Crippen LogP contribution in [0.4, 0.5) is 0 Å². The van der Waals surface area contributed by atoms with Gasteiger partial charge >= 0.3 is 0 Å². The molecule has 1 unspecified atom stereocenters. The van der Waals surface area contributed by atoms with Crippen LogP contribution in [0.25, 0.3) is 0 Å². The molecule has 0 aromatic heterocycles. The van der Waals surface area contributed by atoms with Crippen molar-refractivity contribution in [2.24, 2.45) is 0 Å². The van der Waals surface area contributed by atoms with Crippen LogP contribution in [0.1, 0.15) is 5.56 Å². The van der Waals surface area contributed by atoms with Gasteiger partial charge in [-0.05, 0) is 23.8 Å². The lowest BCUT2D eigenvalue weighted by Gasteiger charge is -2.01. The first kappa shape index (κ1) is 10.2. The van der Waals surface area contributed by atoms with Gasteiger partial charge in [-0.3, -0.25) is 0 Å². The number of halogens is 1. The molecule has 0 spiro atoms. The Bertz CT molecular complexity index is 386. The van der Waals surface area contributed by atoms with E-state index in [4.69, 9.17) is 21.4 Å². The van der Waals surface area contributed by atoms with Crippen LogP contribution in [0.5, 0.6) is 0 Å². The summed E-state index contributed by atoms with van der Waals surface area (Å²) in [6, 6.07) is 6.39. The standard InChI is InChI=1S/C8H6ClNO2S/c9-7-1-2-8(13(11)12)6(5-7)3-4-10/h1-2,5H,3H2,(H,11,12). The number of nitriles is 1. The van der Waals surface area contributed by atoms with Crippen molar-refractivity contribution in [3.63, 3.8) is 0 Å². The van der Waals surface area contributed by atoms with Crippen LogP contribution in [0.15, 0.2) is 23.1 Å². The second kappa shape index (κ2) is 4.38. The average Bonchev–Trinajstić information content (AvgIpc) is 2.04. The highest BCUT2D eigenvalue weighted by Crippen LogP contribution is 2.18. The van der Waals surface area contributed by atoms with E-state index in [1.54, 1.807) is 0 Å². The third-order valence-electron chi connectivity index (χ3n) is 1.48. The van der Waals surface area contributed by atoms with Crippen molar-refractivity contribution in [3.05, 3.63) is 28.8 Å². The zero-order valence-corrected chi connectivity index (χ0v) is 8.10. The van der Waals surface area contributed by atoms with Crippen molar-refractivity contribution in [3.8, 4) is 6.07 Å². The predicted octanol–water partition coefficient (Wildman–Crippen LogP) is 1.99. The Morgan fingerprint density at radius 2 is 2.31 bits per heavy atom. The Hall–Kier alpha value is -0.890. The molecule has 0 aliphatic rings. The van der Waals surface area contributed by atoms with Gasteiger partial charge in [0.25, 0.3) is 0 Å². The van der Waals surface area contributed by atoms with Crippen molar-refractivity contribution in [2.45, 2.75) is 11.3 Å². The Labute approximate surface area is 83.2 Å². The monoisotopic (exact) mass is 215 g/mol. The molecule has 0 aliphatic carbocycles. The van der Waals surface area contributed by atoms with Crippen molar-refractivity contribution >= 4 is 22.7 Å². The number of hydrogen-bond donors (Lipinski definition) is 1. The zero-order valence-electron chi connectivity index (χ0n) is 6.53. The van der Waals surface area contributed by atoms with Crippen molar-refractivity contribution in [2.75, 3.05) is 0 Å².